The summed E-state index contributed by atoms with van der Waals surface area (Å²) in [6.45, 7) is 0.810. The van der Waals surface area contributed by atoms with Crippen molar-refractivity contribution in [2.45, 2.75) is 12.8 Å². The lowest BCUT2D eigenvalue weighted by Crippen LogP contribution is -2.32. The minimum atomic E-state index is -0.821. The summed E-state index contributed by atoms with van der Waals surface area (Å²) in [5, 5.41) is 13.8. The number of urea groups is 1. The minimum absolute atomic E-state index is 0.101. The second kappa shape index (κ2) is 7.29. The summed E-state index contributed by atoms with van der Waals surface area (Å²) in [5.41, 5.74) is 6.84. The first-order valence-corrected chi connectivity index (χ1v) is 5.67. The van der Waals surface area contributed by atoms with E-state index >= 15 is 0 Å². The Hall–Kier alpha value is -2.08. The molecule has 0 bridgehead atoms. The fourth-order valence-electron chi connectivity index (χ4n) is 1.37. The first-order valence-electron chi connectivity index (χ1n) is 5.67. The highest BCUT2D eigenvalue weighted by Gasteiger charge is 2.02. The molecule has 0 heterocycles. The van der Waals surface area contributed by atoms with Crippen molar-refractivity contribution in [3.63, 3.8) is 0 Å². The van der Waals surface area contributed by atoms with Gasteiger partial charge in [0, 0.05) is 25.2 Å². The van der Waals surface area contributed by atoms with Crippen molar-refractivity contribution in [1.29, 1.82) is 0 Å². The normalized spacial score (nSPS) is 9.83. The van der Waals surface area contributed by atoms with E-state index in [2.05, 4.69) is 10.6 Å². The molecule has 6 heteroatoms. The Morgan fingerprint density at radius 3 is 2.44 bits per heavy atom. The maximum absolute atomic E-state index is 11.3. The van der Waals surface area contributed by atoms with Crippen LogP contribution in [0.2, 0.25) is 0 Å². The maximum Gasteiger partial charge on any atom is 0.319 e. The Labute approximate surface area is 105 Å². The van der Waals surface area contributed by atoms with Crippen LogP contribution in [0.4, 0.5) is 10.5 Å². The van der Waals surface area contributed by atoms with Crippen LogP contribution in [0, 0.1) is 0 Å². The van der Waals surface area contributed by atoms with Crippen LogP contribution in [0.25, 0.3) is 0 Å². The molecule has 0 fully saturated rings. The predicted octanol–water partition coefficient (Wildman–Crippen LogP) is 0.784. The third-order valence-electron chi connectivity index (χ3n) is 2.27. The quantitative estimate of drug-likeness (QED) is 0.599. The highest BCUT2D eigenvalue weighted by molar-refractivity contribution is 5.89. The van der Waals surface area contributed by atoms with E-state index < -0.39 is 5.97 Å². The highest BCUT2D eigenvalue weighted by Crippen LogP contribution is 2.10. The molecule has 0 saturated heterocycles. The van der Waals surface area contributed by atoms with Crippen molar-refractivity contribution in [3.05, 3.63) is 29.8 Å². The van der Waals surface area contributed by atoms with E-state index in [1.807, 2.05) is 0 Å². The average Bonchev–Trinajstić information content (AvgIpc) is 2.35. The second-order valence-corrected chi connectivity index (χ2v) is 3.76. The number of benzene rings is 1. The highest BCUT2D eigenvalue weighted by atomic mass is 16.4. The van der Waals surface area contributed by atoms with Gasteiger partial charge in [0.05, 0.1) is 0 Å². The molecule has 18 heavy (non-hydrogen) atoms. The Kier molecular flexibility index (Phi) is 5.66. The molecule has 2 amide bonds. The third-order valence-corrected chi connectivity index (χ3v) is 2.27. The van der Waals surface area contributed by atoms with Gasteiger partial charge in [-0.25, -0.2) is 4.79 Å². The van der Waals surface area contributed by atoms with Gasteiger partial charge in [-0.1, -0.05) is 12.1 Å². The van der Waals surface area contributed by atoms with Crippen LogP contribution in [-0.2, 0) is 11.2 Å². The van der Waals surface area contributed by atoms with E-state index in [9.17, 15) is 9.59 Å². The number of hydrogen-bond donors (Lipinski definition) is 4. The number of carboxylic acids is 1. The number of carbonyl (C=O) groups is 2. The number of aryl methyl sites for hydroxylation is 1. The molecular formula is C12H17N3O3. The molecule has 1 aromatic carbocycles. The number of aliphatic carboxylic acids is 1. The number of nitrogens with two attached hydrogens (primary N) is 1. The predicted molar refractivity (Wildman–Crippen MR) is 68.5 cm³/mol. The lowest BCUT2D eigenvalue weighted by molar-refractivity contribution is -0.136. The second-order valence-electron chi connectivity index (χ2n) is 3.76. The lowest BCUT2D eigenvalue weighted by atomic mass is 10.1. The van der Waals surface area contributed by atoms with Gasteiger partial charge in [0.1, 0.15) is 0 Å². The molecule has 1 aromatic rings. The molecule has 0 unspecified atom stereocenters. The van der Waals surface area contributed by atoms with Crippen LogP contribution in [0.1, 0.15) is 12.0 Å². The first-order chi connectivity index (χ1) is 8.61. The number of carboxylic acid groups (broad SMARTS) is 1. The lowest BCUT2D eigenvalue weighted by Gasteiger charge is -2.07. The molecular weight excluding hydrogens is 234 g/mol. The van der Waals surface area contributed by atoms with E-state index in [0.717, 1.165) is 5.56 Å². The largest absolute Gasteiger partial charge is 0.481 e. The average molecular weight is 251 g/mol. The number of amides is 2. The van der Waals surface area contributed by atoms with Crippen molar-refractivity contribution in [2.75, 3.05) is 18.4 Å². The van der Waals surface area contributed by atoms with Gasteiger partial charge in [0.2, 0.25) is 0 Å². The minimum Gasteiger partial charge on any atom is -0.481 e. The fourth-order valence-corrected chi connectivity index (χ4v) is 1.37. The standard InChI is InChI=1S/C12H17N3O3/c13-7-8-14-12(18)15-10-4-1-9(2-5-10)3-6-11(16)17/h1-2,4-5H,3,6-8,13H2,(H,16,17)(H2,14,15,18). The van der Waals surface area contributed by atoms with Gasteiger partial charge in [-0.15, -0.1) is 0 Å². The van der Waals surface area contributed by atoms with Crippen molar-refractivity contribution >= 4 is 17.7 Å². The molecule has 0 radical (unpaired) electrons. The van der Waals surface area contributed by atoms with E-state index in [0.29, 0.717) is 25.2 Å². The molecule has 6 nitrogen and oxygen atoms in total. The number of carbonyl (C=O) groups excluding carboxylic acids is 1. The van der Waals surface area contributed by atoms with Gasteiger partial charge in [0.15, 0.2) is 0 Å². The zero-order chi connectivity index (χ0) is 13.4. The Morgan fingerprint density at radius 2 is 1.89 bits per heavy atom. The molecule has 0 aliphatic carbocycles. The molecule has 0 atom stereocenters. The summed E-state index contributed by atoms with van der Waals surface area (Å²) in [7, 11) is 0. The molecule has 98 valence electrons. The SMILES string of the molecule is NCCNC(=O)Nc1ccc(CCC(=O)O)cc1. The maximum atomic E-state index is 11.3. The summed E-state index contributed by atoms with van der Waals surface area (Å²) < 4.78 is 0. The van der Waals surface area contributed by atoms with Gasteiger partial charge >= 0.3 is 12.0 Å². The zero-order valence-corrected chi connectivity index (χ0v) is 9.98. The molecule has 5 N–H and O–H groups in total. The van der Waals surface area contributed by atoms with Gasteiger partial charge in [-0.2, -0.15) is 0 Å². The van der Waals surface area contributed by atoms with Crippen LogP contribution in [-0.4, -0.2) is 30.2 Å². The smallest absolute Gasteiger partial charge is 0.319 e. The van der Waals surface area contributed by atoms with Crippen molar-refractivity contribution in [2.24, 2.45) is 5.73 Å². The van der Waals surface area contributed by atoms with Crippen molar-refractivity contribution < 1.29 is 14.7 Å². The molecule has 0 spiro atoms. The summed E-state index contributed by atoms with van der Waals surface area (Å²) in [6, 6.07) is 6.75. The molecule has 0 aliphatic rings. The Balaban J connectivity index is 2.44. The summed E-state index contributed by atoms with van der Waals surface area (Å²) in [5.74, 6) is -0.821. The van der Waals surface area contributed by atoms with Crippen LogP contribution in [0.15, 0.2) is 24.3 Å². The molecule has 0 aliphatic heterocycles. The topological polar surface area (TPSA) is 104 Å². The van der Waals surface area contributed by atoms with E-state index in [-0.39, 0.29) is 12.5 Å². The van der Waals surface area contributed by atoms with Crippen LogP contribution in [0.3, 0.4) is 0 Å². The molecule has 0 aromatic heterocycles. The van der Waals surface area contributed by atoms with Gasteiger partial charge in [0.25, 0.3) is 0 Å². The fraction of sp³-hybridized carbons (Fsp3) is 0.333. The van der Waals surface area contributed by atoms with E-state index in [1.54, 1.807) is 24.3 Å². The van der Waals surface area contributed by atoms with E-state index in [4.69, 9.17) is 10.8 Å². The van der Waals surface area contributed by atoms with Crippen LogP contribution < -0.4 is 16.4 Å². The van der Waals surface area contributed by atoms with Crippen LogP contribution in [0.5, 0.6) is 0 Å². The van der Waals surface area contributed by atoms with Gasteiger partial charge < -0.3 is 21.5 Å². The summed E-state index contributed by atoms with van der Waals surface area (Å²) in [6.07, 6.45) is 0.582. The van der Waals surface area contributed by atoms with Gasteiger partial charge in [-0.3, -0.25) is 4.79 Å². The molecule has 0 saturated carbocycles. The Morgan fingerprint density at radius 1 is 1.22 bits per heavy atom. The number of rotatable bonds is 6. The van der Waals surface area contributed by atoms with Gasteiger partial charge in [-0.05, 0) is 24.1 Å². The molecule has 1 rings (SSSR count). The number of hydrogen-bond acceptors (Lipinski definition) is 3. The number of nitrogens with one attached hydrogen (secondary N) is 2. The zero-order valence-electron chi connectivity index (χ0n) is 9.98. The van der Waals surface area contributed by atoms with Crippen LogP contribution >= 0.6 is 0 Å². The Bertz CT molecular complexity index is 404. The summed E-state index contributed by atoms with van der Waals surface area (Å²) >= 11 is 0. The van der Waals surface area contributed by atoms with Crippen molar-refractivity contribution in [1.82, 2.24) is 5.32 Å². The van der Waals surface area contributed by atoms with Crippen molar-refractivity contribution in [3.8, 4) is 0 Å². The monoisotopic (exact) mass is 251 g/mol. The van der Waals surface area contributed by atoms with E-state index in [1.165, 1.54) is 0 Å². The third kappa shape index (κ3) is 5.31. The number of anilines is 1. The summed E-state index contributed by atoms with van der Waals surface area (Å²) in [4.78, 5) is 21.7. The first kappa shape index (κ1) is 14.0.